The van der Waals surface area contributed by atoms with Crippen LogP contribution in [0.4, 0.5) is 13.2 Å². The fourth-order valence-electron chi connectivity index (χ4n) is 4.83. The van der Waals surface area contributed by atoms with E-state index in [9.17, 15) is 13.2 Å². The molecule has 0 aromatic heterocycles. The molecule has 1 aliphatic carbocycles. The van der Waals surface area contributed by atoms with Crippen molar-refractivity contribution in [3.05, 3.63) is 64.5 Å². The average Bonchev–Trinajstić information content (AvgIpc) is 2.80. The minimum atomic E-state index is -0.731. The van der Waals surface area contributed by atoms with Crippen molar-refractivity contribution in [1.82, 2.24) is 0 Å². The van der Waals surface area contributed by atoms with E-state index >= 15 is 0 Å². The fraction of sp³-hybridized carbons (Fsp3) is 0.571. The molecule has 32 heavy (non-hydrogen) atoms. The molecule has 0 heterocycles. The van der Waals surface area contributed by atoms with Gasteiger partial charge in [0.2, 0.25) is 0 Å². The van der Waals surface area contributed by atoms with Gasteiger partial charge in [0.15, 0.2) is 11.6 Å². The molecule has 0 bridgehead atoms. The first-order chi connectivity index (χ1) is 15.5. The zero-order valence-corrected chi connectivity index (χ0v) is 19.6. The lowest BCUT2D eigenvalue weighted by Gasteiger charge is -2.29. The monoisotopic (exact) mass is 446 g/mol. The van der Waals surface area contributed by atoms with Crippen LogP contribution < -0.4 is 4.74 Å². The van der Waals surface area contributed by atoms with Crippen LogP contribution in [0.25, 0.3) is 0 Å². The number of rotatable bonds is 11. The average molecular weight is 447 g/mol. The molecule has 1 saturated carbocycles. The van der Waals surface area contributed by atoms with Gasteiger partial charge in [-0.1, -0.05) is 50.8 Å². The minimum Gasteiger partial charge on any atom is -0.493 e. The Morgan fingerprint density at radius 2 is 1.62 bits per heavy atom. The Kier molecular flexibility index (Phi) is 9.50. The number of unbranched alkanes of at least 4 members (excludes halogenated alkanes) is 4. The summed E-state index contributed by atoms with van der Waals surface area (Å²) in [5.41, 5.74) is 1.59. The summed E-state index contributed by atoms with van der Waals surface area (Å²) >= 11 is 0. The van der Waals surface area contributed by atoms with Crippen molar-refractivity contribution < 1.29 is 17.9 Å². The van der Waals surface area contributed by atoms with Crippen LogP contribution in [0.2, 0.25) is 0 Å². The van der Waals surface area contributed by atoms with E-state index in [1.165, 1.54) is 25.3 Å². The first-order valence-corrected chi connectivity index (χ1v) is 12.3. The normalized spacial score (nSPS) is 18.7. The van der Waals surface area contributed by atoms with Gasteiger partial charge in [-0.05, 0) is 86.5 Å². The first-order valence-electron chi connectivity index (χ1n) is 12.3. The highest BCUT2D eigenvalue weighted by molar-refractivity contribution is 5.31. The van der Waals surface area contributed by atoms with Crippen LogP contribution in [0.3, 0.4) is 0 Å². The molecule has 176 valence electrons. The lowest BCUT2D eigenvalue weighted by molar-refractivity contribution is 0.298. The summed E-state index contributed by atoms with van der Waals surface area (Å²) in [6.07, 6.45) is 11.1. The standard InChI is InChI=1S/C28H37F3O/c1-3-4-5-6-7-18-32-24-16-17-25(26(29)19-24)22-13-9-21(10-14-22)11-15-23-12-8-20(2)27(30)28(23)31/h8,12,16-17,19,21-22H,3-7,9-11,13-15,18H2,1-2H3. The van der Waals surface area contributed by atoms with E-state index in [1.54, 1.807) is 19.1 Å². The highest BCUT2D eigenvalue weighted by Gasteiger charge is 2.25. The lowest BCUT2D eigenvalue weighted by Crippen LogP contribution is -2.15. The first kappa shape index (κ1) is 24.7. The van der Waals surface area contributed by atoms with Gasteiger partial charge in [0, 0.05) is 6.07 Å². The molecular formula is C28H37F3O. The summed E-state index contributed by atoms with van der Waals surface area (Å²) in [6.45, 7) is 4.41. The molecule has 0 N–H and O–H groups in total. The molecule has 2 aromatic rings. The van der Waals surface area contributed by atoms with Crippen molar-refractivity contribution in [2.75, 3.05) is 6.61 Å². The Morgan fingerprint density at radius 1 is 0.875 bits per heavy atom. The zero-order valence-electron chi connectivity index (χ0n) is 19.6. The summed E-state index contributed by atoms with van der Waals surface area (Å²) in [7, 11) is 0. The smallest absolute Gasteiger partial charge is 0.162 e. The van der Waals surface area contributed by atoms with Crippen molar-refractivity contribution in [3.63, 3.8) is 0 Å². The molecule has 1 fully saturated rings. The van der Waals surface area contributed by atoms with Crippen LogP contribution in [-0.4, -0.2) is 6.61 Å². The van der Waals surface area contributed by atoms with Gasteiger partial charge in [0.05, 0.1) is 6.61 Å². The van der Waals surface area contributed by atoms with Crippen LogP contribution in [0, 0.1) is 30.3 Å². The molecule has 0 aliphatic heterocycles. The van der Waals surface area contributed by atoms with Crippen LogP contribution in [0.5, 0.6) is 5.75 Å². The molecule has 1 nitrogen and oxygen atoms in total. The largest absolute Gasteiger partial charge is 0.493 e. The quantitative estimate of drug-likeness (QED) is 0.314. The van der Waals surface area contributed by atoms with Crippen molar-refractivity contribution in [3.8, 4) is 5.75 Å². The topological polar surface area (TPSA) is 9.23 Å². The molecule has 0 saturated heterocycles. The third kappa shape index (κ3) is 6.76. The Bertz CT molecular complexity index is 856. The third-order valence-electron chi connectivity index (χ3n) is 6.95. The van der Waals surface area contributed by atoms with Crippen molar-refractivity contribution in [1.29, 1.82) is 0 Å². The molecule has 3 rings (SSSR count). The van der Waals surface area contributed by atoms with Crippen LogP contribution in [-0.2, 0) is 6.42 Å². The molecule has 4 heteroatoms. The Labute approximate surface area is 191 Å². The maximum absolute atomic E-state index is 14.7. The van der Waals surface area contributed by atoms with Gasteiger partial charge in [-0.25, -0.2) is 13.2 Å². The van der Waals surface area contributed by atoms with E-state index in [4.69, 9.17) is 4.74 Å². The van der Waals surface area contributed by atoms with Gasteiger partial charge in [0.1, 0.15) is 11.6 Å². The maximum atomic E-state index is 14.7. The van der Waals surface area contributed by atoms with Gasteiger partial charge in [-0.2, -0.15) is 0 Å². The summed E-state index contributed by atoms with van der Waals surface area (Å²) < 4.78 is 48.3. The number of hydrogen-bond donors (Lipinski definition) is 0. The Morgan fingerprint density at radius 3 is 2.34 bits per heavy atom. The van der Waals surface area contributed by atoms with E-state index in [0.29, 0.717) is 35.8 Å². The lowest BCUT2D eigenvalue weighted by atomic mass is 9.76. The van der Waals surface area contributed by atoms with Gasteiger partial charge in [0.25, 0.3) is 0 Å². The molecule has 0 unspecified atom stereocenters. The number of hydrogen-bond acceptors (Lipinski definition) is 1. The highest BCUT2D eigenvalue weighted by Crippen LogP contribution is 2.39. The second-order valence-electron chi connectivity index (χ2n) is 9.37. The number of aryl methyl sites for hydroxylation is 2. The highest BCUT2D eigenvalue weighted by atomic mass is 19.2. The minimum absolute atomic E-state index is 0.172. The number of benzene rings is 2. The second-order valence-corrected chi connectivity index (χ2v) is 9.37. The second kappa shape index (κ2) is 12.3. The van der Waals surface area contributed by atoms with Gasteiger partial charge in [-0.3, -0.25) is 0 Å². The van der Waals surface area contributed by atoms with Crippen LogP contribution in [0.1, 0.15) is 93.7 Å². The van der Waals surface area contributed by atoms with E-state index in [-0.39, 0.29) is 11.7 Å². The molecule has 2 aromatic carbocycles. The number of halogens is 3. The summed E-state index contributed by atoms with van der Waals surface area (Å²) in [5.74, 6) is -0.289. The van der Waals surface area contributed by atoms with Gasteiger partial charge in [-0.15, -0.1) is 0 Å². The SMILES string of the molecule is CCCCCCCOc1ccc(C2CCC(CCc3ccc(C)c(F)c3F)CC2)c(F)c1. The van der Waals surface area contributed by atoms with Crippen LogP contribution >= 0.6 is 0 Å². The van der Waals surface area contributed by atoms with Crippen molar-refractivity contribution in [2.45, 2.75) is 90.4 Å². The summed E-state index contributed by atoms with van der Waals surface area (Å²) in [4.78, 5) is 0. The number of ether oxygens (including phenoxy) is 1. The van der Waals surface area contributed by atoms with Crippen LogP contribution in [0.15, 0.2) is 30.3 Å². The van der Waals surface area contributed by atoms with E-state index in [2.05, 4.69) is 6.92 Å². The maximum Gasteiger partial charge on any atom is 0.162 e. The Balaban J connectivity index is 1.44. The van der Waals surface area contributed by atoms with Crippen molar-refractivity contribution in [2.24, 2.45) is 5.92 Å². The molecule has 1 aliphatic rings. The van der Waals surface area contributed by atoms with Crippen molar-refractivity contribution >= 4 is 0 Å². The molecule has 0 amide bonds. The summed E-state index contributed by atoms with van der Waals surface area (Å²) in [6, 6.07) is 8.65. The molecular weight excluding hydrogens is 409 g/mol. The predicted molar refractivity (Wildman–Crippen MR) is 125 cm³/mol. The molecule has 0 radical (unpaired) electrons. The van der Waals surface area contributed by atoms with E-state index < -0.39 is 11.6 Å². The molecule has 0 atom stereocenters. The van der Waals surface area contributed by atoms with Gasteiger partial charge >= 0.3 is 0 Å². The molecule has 0 spiro atoms. The Hall–Kier alpha value is -1.97. The third-order valence-corrected chi connectivity index (χ3v) is 6.95. The van der Waals surface area contributed by atoms with E-state index in [1.807, 2.05) is 12.1 Å². The van der Waals surface area contributed by atoms with Gasteiger partial charge < -0.3 is 4.74 Å². The zero-order chi connectivity index (χ0) is 22.9. The summed E-state index contributed by atoms with van der Waals surface area (Å²) in [5, 5.41) is 0. The predicted octanol–water partition coefficient (Wildman–Crippen LogP) is 8.67. The van der Waals surface area contributed by atoms with E-state index in [0.717, 1.165) is 50.5 Å². The fourth-order valence-corrected chi connectivity index (χ4v) is 4.83.